The highest BCUT2D eigenvalue weighted by atomic mass is 19.4. The number of aliphatic imine (C=N–C) groups is 2. The van der Waals surface area contributed by atoms with Gasteiger partial charge in [-0.05, 0) is 42.5 Å². The fourth-order valence-corrected chi connectivity index (χ4v) is 2.92. The maximum atomic E-state index is 12.5. The summed E-state index contributed by atoms with van der Waals surface area (Å²) in [5, 5.41) is 0. The second-order valence-corrected chi connectivity index (χ2v) is 6.34. The number of hydrogen-bond donors (Lipinski definition) is 2. The number of halogens is 3. The Morgan fingerprint density at radius 1 is 1.08 bits per heavy atom. The molecule has 0 radical (unpaired) electrons. The van der Waals surface area contributed by atoms with E-state index in [1.165, 1.54) is 12.1 Å². The number of nitrogens with zero attached hydrogens (tertiary/aromatic N) is 3. The molecule has 0 aliphatic carbocycles. The molecule has 0 amide bonds. The minimum Gasteiger partial charge on any atom is -0.369 e. The van der Waals surface area contributed by atoms with E-state index in [1.807, 2.05) is 4.90 Å². The average Bonchev–Trinajstić information content (AvgIpc) is 2.45. The van der Waals surface area contributed by atoms with Gasteiger partial charge in [0.05, 0.1) is 11.3 Å². The lowest BCUT2D eigenvalue weighted by Crippen LogP contribution is -2.46. The molecule has 8 heteroatoms. The lowest BCUT2D eigenvalue weighted by Gasteiger charge is -2.35. The summed E-state index contributed by atoms with van der Waals surface area (Å²) in [7, 11) is 0. The van der Waals surface area contributed by atoms with Gasteiger partial charge in [-0.3, -0.25) is 0 Å². The number of hydrogen-bond acceptors (Lipinski definition) is 1. The molecule has 1 saturated heterocycles. The molecule has 2 unspecified atom stereocenters. The third-order valence-corrected chi connectivity index (χ3v) is 3.86. The molecule has 0 spiro atoms. The monoisotopic (exact) mass is 341 g/mol. The third kappa shape index (κ3) is 4.87. The highest BCUT2D eigenvalue weighted by Gasteiger charge is 2.30. The molecule has 5 nitrogen and oxygen atoms in total. The fraction of sp³-hybridized carbons (Fsp3) is 0.500. The maximum Gasteiger partial charge on any atom is 0.416 e. The Bertz CT molecular complexity index is 612. The number of guanidine groups is 2. The van der Waals surface area contributed by atoms with Crippen LogP contribution in [0, 0.1) is 11.8 Å². The molecule has 0 bridgehead atoms. The van der Waals surface area contributed by atoms with Gasteiger partial charge in [-0.1, -0.05) is 13.8 Å². The number of alkyl halides is 3. The van der Waals surface area contributed by atoms with Gasteiger partial charge >= 0.3 is 6.18 Å². The van der Waals surface area contributed by atoms with Crippen molar-refractivity contribution in [2.75, 3.05) is 13.1 Å². The molecule has 1 aromatic rings. The van der Waals surface area contributed by atoms with Crippen LogP contribution in [0.25, 0.3) is 0 Å². The molecule has 1 aliphatic rings. The van der Waals surface area contributed by atoms with Crippen molar-refractivity contribution < 1.29 is 13.2 Å². The first-order valence-corrected chi connectivity index (χ1v) is 7.75. The van der Waals surface area contributed by atoms with Gasteiger partial charge in [0.25, 0.3) is 0 Å². The van der Waals surface area contributed by atoms with Gasteiger partial charge in [-0.2, -0.15) is 18.2 Å². The summed E-state index contributed by atoms with van der Waals surface area (Å²) in [5.41, 5.74) is 11.3. The Morgan fingerprint density at radius 3 is 2.12 bits per heavy atom. The summed E-state index contributed by atoms with van der Waals surface area (Å²) >= 11 is 0. The minimum atomic E-state index is -4.38. The third-order valence-electron chi connectivity index (χ3n) is 3.86. The molecule has 0 saturated carbocycles. The Hall–Kier alpha value is -2.25. The van der Waals surface area contributed by atoms with Crippen LogP contribution in [-0.2, 0) is 6.18 Å². The van der Waals surface area contributed by atoms with Crippen LogP contribution in [0.5, 0.6) is 0 Å². The molecule has 1 aromatic carbocycles. The molecule has 2 rings (SSSR count). The molecule has 1 heterocycles. The van der Waals surface area contributed by atoms with E-state index in [-0.39, 0.29) is 17.6 Å². The molecule has 1 aliphatic heterocycles. The van der Waals surface area contributed by atoms with Crippen LogP contribution in [0.1, 0.15) is 25.8 Å². The van der Waals surface area contributed by atoms with Crippen LogP contribution in [0.2, 0.25) is 0 Å². The van der Waals surface area contributed by atoms with Crippen LogP contribution in [-0.4, -0.2) is 29.9 Å². The number of nitrogens with two attached hydrogens (primary N) is 2. The Labute approximate surface area is 139 Å². The molecule has 4 N–H and O–H groups in total. The standard InChI is InChI=1S/C16H22F3N5/c1-10-7-11(2)9-24(8-10)15(21)23-14(20)22-13-5-3-12(4-6-13)16(17,18)19/h3-6,10-11H,7-9H2,1-2H3,(H4,20,21,22,23). The topological polar surface area (TPSA) is 80.0 Å². The molecule has 0 aromatic heterocycles. The minimum absolute atomic E-state index is 0.0851. The van der Waals surface area contributed by atoms with E-state index in [9.17, 15) is 13.2 Å². The molecule has 24 heavy (non-hydrogen) atoms. The SMILES string of the molecule is CC1CC(C)CN(/C(N)=N/C(N)=Nc2ccc(C(F)(F)F)cc2)C1. The molecular formula is C16H22F3N5. The van der Waals surface area contributed by atoms with Crippen molar-refractivity contribution in [3.63, 3.8) is 0 Å². The van der Waals surface area contributed by atoms with Crippen LogP contribution in [0.15, 0.2) is 34.3 Å². The fourth-order valence-electron chi connectivity index (χ4n) is 2.92. The zero-order valence-corrected chi connectivity index (χ0v) is 13.7. The van der Waals surface area contributed by atoms with Crippen molar-refractivity contribution in [3.05, 3.63) is 29.8 Å². The van der Waals surface area contributed by atoms with Crippen molar-refractivity contribution in [1.29, 1.82) is 0 Å². The maximum absolute atomic E-state index is 12.5. The predicted octanol–water partition coefficient (Wildman–Crippen LogP) is 2.94. The summed E-state index contributed by atoms with van der Waals surface area (Å²) in [6, 6.07) is 4.39. The lowest BCUT2D eigenvalue weighted by atomic mass is 9.92. The summed E-state index contributed by atoms with van der Waals surface area (Å²) in [6.45, 7) is 5.89. The normalized spacial score (nSPS) is 23.5. The Morgan fingerprint density at radius 2 is 1.62 bits per heavy atom. The van der Waals surface area contributed by atoms with E-state index in [0.29, 0.717) is 11.8 Å². The van der Waals surface area contributed by atoms with E-state index < -0.39 is 11.7 Å². The lowest BCUT2D eigenvalue weighted by molar-refractivity contribution is -0.137. The number of likely N-dealkylation sites (tertiary alicyclic amines) is 1. The Balaban J connectivity index is 2.09. The van der Waals surface area contributed by atoms with Crippen LogP contribution < -0.4 is 11.5 Å². The van der Waals surface area contributed by atoms with Crippen LogP contribution in [0.3, 0.4) is 0 Å². The van der Waals surface area contributed by atoms with Crippen LogP contribution >= 0.6 is 0 Å². The van der Waals surface area contributed by atoms with Crippen molar-refractivity contribution in [2.24, 2.45) is 33.3 Å². The predicted molar refractivity (Wildman–Crippen MR) is 88.9 cm³/mol. The smallest absolute Gasteiger partial charge is 0.369 e. The molecule has 2 atom stereocenters. The van der Waals surface area contributed by atoms with Gasteiger partial charge in [-0.15, -0.1) is 0 Å². The van der Waals surface area contributed by atoms with E-state index in [1.54, 1.807) is 0 Å². The highest BCUT2D eigenvalue weighted by molar-refractivity contribution is 5.94. The van der Waals surface area contributed by atoms with Gasteiger partial charge in [0.1, 0.15) is 0 Å². The average molecular weight is 341 g/mol. The molecular weight excluding hydrogens is 319 g/mol. The van der Waals surface area contributed by atoms with E-state index in [0.717, 1.165) is 31.6 Å². The molecule has 1 fully saturated rings. The van der Waals surface area contributed by atoms with Crippen molar-refractivity contribution in [2.45, 2.75) is 26.4 Å². The van der Waals surface area contributed by atoms with Gasteiger partial charge in [0.2, 0.25) is 5.96 Å². The van der Waals surface area contributed by atoms with E-state index in [4.69, 9.17) is 11.5 Å². The zero-order chi connectivity index (χ0) is 17.9. The largest absolute Gasteiger partial charge is 0.416 e. The summed E-state index contributed by atoms with van der Waals surface area (Å²) < 4.78 is 37.6. The summed E-state index contributed by atoms with van der Waals surface area (Å²) in [6.07, 6.45) is -3.24. The first-order chi connectivity index (χ1) is 11.1. The quantitative estimate of drug-likeness (QED) is 0.609. The van der Waals surface area contributed by atoms with Gasteiger partial charge < -0.3 is 16.4 Å². The first-order valence-electron chi connectivity index (χ1n) is 7.75. The number of rotatable bonds is 1. The van der Waals surface area contributed by atoms with E-state index in [2.05, 4.69) is 23.8 Å². The van der Waals surface area contributed by atoms with Crippen molar-refractivity contribution in [1.82, 2.24) is 4.90 Å². The second-order valence-electron chi connectivity index (χ2n) is 6.34. The summed E-state index contributed by atoms with van der Waals surface area (Å²) in [4.78, 5) is 10.0. The number of piperidine rings is 1. The Kier molecular flexibility index (Phi) is 5.36. The van der Waals surface area contributed by atoms with Gasteiger partial charge in [-0.25, -0.2) is 4.99 Å². The van der Waals surface area contributed by atoms with Crippen molar-refractivity contribution in [3.8, 4) is 0 Å². The first kappa shape index (κ1) is 18.1. The highest BCUT2D eigenvalue weighted by Crippen LogP contribution is 2.30. The zero-order valence-electron chi connectivity index (χ0n) is 13.7. The van der Waals surface area contributed by atoms with Gasteiger partial charge in [0, 0.05) is 13.1 Å². The second kappa shape index (κ2) is 7.11. The van der Waals surface area contributed by atoms with Gasteiger partial charge in [0.15, 0.2) is 5.96 Å². The molecule has 132 valence electrons. The summed E-state index contributed by atoms with van der Waals surface area (Å²) in [5.74, 6) is 1.21. The van der Waals surface area contributed by atoms with Crippen LogP contribution in [0.4, 0.5) is 18.9 Å². The number of benzene rings is 1. The van der Waals surface area contributed by atoms with Crippen molar-refractivity contribution >= 4 is 17.6 Å². The van der Waals surface area contributed by atoms with E-state index >= 15 is 0 Å².